The van der Waals surface area contributed by atoms with E-state index < -0.39 is 0 Å². The number of aryl methyl sites for hydroxylation is 1. The largest absolute Gasteiger partial charge is 0.372 e. The van der Waals surface area contributed by atoms with Crippen LogP contribution in [0.15, 0.2) is 24.3 Å². The van der Waals surface area contributed by atoms with Crippen LogP contribution in [-0.2, 0) is 0 Å². The first-order valence-corrected chi connectivity index (χ1v) is 5.10. The molecule has 0 saturated carbocycles. The van der Waals surface area contributed by atoms with Crippen molar-refractivity contribution in [3.8, 4) is 0 Å². The van der Waals surface area contributed by atoms with Crippen molar-refractivity contribution in [2.45, 2.75) is 27.2 Å². The Labute approximate surface area is 81.4 Å². The fourth-order valence-electron chi connectivity index (χ4n) is 1.64. The van der Waals surface area contributed by atoms with E-state index in [2.05, 4.69) is 49.9 Å². The third kappa shape index (κ3) is 2.48. The molecule has 1 aromatic carbocycles. The van der Waals surface area contributed by atoms with Gasteiger partial charge in [-0.2, -0.15) is 0 Å². The molecule has 1 heteroatoms. The number of nitrogens with zero attached hydrogens (tertiary/aromatic N) is 1. The van der Waals surface area contributed by atoms with Gasteiger partial charge in [-0.05, 0) is 31.9 Å². The van der Waals surface area contributed by atoms with Crippen LogP contribution in [0.5, 0.6) is 0 Å². The average molecular weight is 177 g/mol. The second-order valence-corrected chi connectivity index (χ2v) is 3.37. The summed E-state index contributed by atoms with van der Waals surface area (Å²) in [6.07, 6.45) is 1.21. The summed E-state index contributed by atoms with van der Waals surface area (Å²) < 4.78 is 0. The molecular weight excluding hydrogens is 158 g/mol. The van der Waals surface area contributed by atoms with Gasteiger partial charge in [0.25, 0.3) is 0 Å². The minimum atomic E-state index is 1.10. The highest BCUT2D eigenvalue weighted by atomic mass is 15.1. The van der Waals surface area contributed by atoms with Gasteiger partial charge in [-0.25, -0.2) is 0 Å². The van der Waals surface area contributed by atoms with Gasteiger partial charge in [0.1, 0.15) is 0 Å². The maximum atomic E-state index is 2.43. The number of anilines is 1. The molecule has 0 aliphatic carbocycles. The molecule has 72 valence electrons. The van der Waals surface area contributed by atoms with Crippen molar-refractivity contribution in [2.75, 3.05) is 18.0 Å². The zero-order chi connectivity index (χ0) is 9.68. The molecule has 0 N–H and O–H groups in total. The monoisotopic (exact) mass is 177 g/mol. The second kappa shape index (κ2) is 4.90. The molecule has 13 heavy (non-hydrogen) atoms. The lowest BCUT2D eigenvalue weighted by Gasteiger charge is -2.24. The Morgan fingerprint density at radius 1 is 1.15 bits per heavy atom. The first-order chi connectivity index (χ1) is 6.29. The van der Waals surface area contributed by atoms with Crippen molar-refractivity contribution in [1.82, 2.24) is 0 Å². The van der Waals surface area contributed by atoms with Crippen molar-refractivity contribution in [3.05, 3.63) is 29.8 Å². The van der Waals surface area contributed by atoms with E-state index in [1.54, 1.807) is 0 Å². The van der Waals surface area contributed by atoms with E-state index in [0.29, 0.717) is 0 Å². The Kier molecular flexibility index (Phi) is 3.81. The quantitative estimate of drug-likeness (QED) is 0.682. The SMILES string of the molecule is CCCN(CC)c1ccccc1C. The van der Waals surface area contributed by atoms with Crippen molar-refractivity contribution >= 4 is 5.69 Å². The third-order valence-corrected chi connectivity index (χ3v) is 2.33. The van der Waals surface area contributed by atoms with Gasteiger partial charge < -0.3 is 4.90 Å². The van der Waals surface area contributed by atoms with Crippen LogP contribution in [0.2, 0.25) is 0 Å². The molecule has 0 atom stereocenters. The highest BCUT2D eigenvalue weighted by Crippen LogP contribution is 2.18. The van der Waals surface area contributed by atoms with Gasteiger partial charge in [0.05, 0.1) is 0 Å². The normalized spacial score (nSPS) is 10.1. The molecule has 0 unspecified atom stereocenters. The lowest BCUT2D eigenvalue weighted by Crippen LogP contribution is -2.24. The Balaban J connectivity index is 2.84. The van der Waals surface area contributed by atoms with Crippen LogP contribution < -0.4 is 4.90 Å². The van der Waals surface area contributed by atoms with Crippen molar-refractivity contribution in [3.63, 3.8) is 0 Å². The van der Waals surface area contributed by atoms with Crippen molar-refractivity contribution < 1.29 is 0 Å². The summed E-state index contributed by atoms with van der Waals surface area (Å²) in [6.45, 7) is 8.86. The van der Waals surface area contributed by atoms with Gasteiger partial charge >= 0.3 is 0 Å². The van der Waals surface area contributed by atoms with E-state index in [1.807, 2.05) is 0 Å². The van der Waals surface area contributed by atoms with Gasteiger partial charge in [-0.1, -0.05) is 25.1 Å². The molecule has 0 bridgehead atoms. The molecular formula is C12H19N. The minimum absolute atomic E-state index is 1.10. The molecule has 0 aliphatic heterocycles. The summed E-state index contributed by atoms with van der Waals surface area (Å²) in [7, 11) is 0. The summed E-state index contributed by atoms with van der Waals surface area (Å²) >= 11 is 0. The van der Waals surface area contributed by atoms with E-state index in [0.717, 1.165) is 13.1 Å². The van der Waals surface area contributed by atoms with Gasteiger partial charge in [0, 0.05) is 18.8 Å². The summed E-state index contributed by atoms with van der Waals surface area (Å²) in [5.41, 5.74) is 2.75. The average Bonchev–Trinajstić information content (AvgIpc) is 2.16. The lowest BCUT2D eigenvalue weighted by atomic mass is 10.2. The molecule has 0 radical (unpaired) electrons. The molecule has 1 rings (SSSR count). The first kappa shape index (κ1) is 10.1. The highest BCUT2D eigenvalue weighted by Gasteiger charge is 2.04. The predicted octanol–water partition coefficient (Wildman–Crippen LogP) is 3.23. The van der Waals surface area contributed by atoms with Gasteiger partial charge in [-0.15, -0.1) is 0 Å². The summed E-state index contributed by atoms with van der Waals surface area (Å²) in [4.78, 5) is 2.43. The van der Waals surface area contributed by atoms with Crippen LogP contribution in [0, 0.1) is 6.92 Å². The van der Waals surface area contributed by atoms with Crippen LogP contribution in [0.25, 0.3) is 0 Å². The van der Waals surface area contributed by atoms with E-state index in [1.165, 1.54) is 17.7 Å². The molecule has 0 amide bonds. The summed E-state index contributed by atoms with van der Waals surface area (Å²) in [5.74, 6) is 0. The van der Waals surface area contributed by atoms with Crippen LogP contribution in [0.1, 0.15) is 25.8 Å². The zero-order valence-electron chi connectivity index (χ0n) is 8.88. The van der Waals surface area contributed by atoms with Gasteiger partial charge in [0.2, 0.25) is 0 Å². The number of benzene rings is 1. The van der Waals surface area contributed by atoms with Crippen LogP contribution in [-0.4, -0.2) is 13.1 Å². The van der Waals surface area contributed by atoms with Crippen molar-refractivity contribution in [2.24, 2.45) is 0 Å². The second-order valence-electron chi connectivity index (χ2n) is 3.37. The Bertz CT molecular complexity index is 255. The van der Waals surface area contributed by atoms with E-state index >= 15 is 0 Å². The standard InChI is InChI=1S/C12H19N/c1-4-10-13(5-2)12-9-7-6-8-11(12)3/h6-9H,4-5,10H2,1-3H3. The first-order valence-electron chi connectivity index (χ1n) is 5.10. The number of para-hydroxylation sites is 1. The fourth-order valence-corrected chi connectivity index (χ4v) is 1.64. The van der Waals surface area contributed by atoms with Crippen LogP contribution in [0.4, 0.5) is 5.69 Å². The Hall–Kier alpha value is -0.980. The van der Waals surface area contributed by atoms with E-state index in [-0.39, 0.29) is 0 Å². The molecule has 0 fully saturated rings. The van der Waals surface area contributed by atoms with Crippen LogP contribution >= 0.6 is 0 Å². The molecule has 0 spiro atoms. The Morgan fingerprint density at radius 3 is 2.38 bits per heavy atom. The van der Waals surface area contributed by atoms with Gasteiger partial charge in [-0.3, -0.25) is 0 Å². The van der Waals surface area contributed by atoms with Crippen molar-refractivity contribution in [1.29, 1.82) is 0 Å². The third-order valence-electron chi connectivity index (χ3n) is 2.33. The number of hydrogen-bond donors (Lipinski definition) is 0. The van der Waals surface area contributed by atoms with E-state index in [4.69, 9.17) is 0 Å². The number of rotatable bonds is 4. The van der Waals surface area contributed by atoms with Crippen LogP contribution in [0.3, 0.4) is 0 Å². The minimum Gasteiger partial charge on any atom is -0.372 e. The smallest absolute Gasteiger partial charge is 0.0395 e. The zero-order valence-corrected chi connectivity index (χ0v) is 8.88. The fraction of sp³-hybridized carbons (Fsp3) is 0.500. The molecule has 0 heterocycles. The summed E-state index contributed by atoms with van der Waals surface area (Å²) in [6, 6.07) is 8.58. The molecule has 0 saturated heterocycles. The maximum Gasteiger partial charge on any atom is 0.0395 e. The molecule has 1 aromatic rings. The lowest BCUT2D eigenvalue weighted by molar-refractivity contribution is 0.789. The molecule has 1 nitrogen and oxygen atoms in total. The predicted molar refractivity (Wildman–Crippen MR) is 59.4 cm³/mol. The van der Waals surface area contributed by atoms with E-state index in [9.17, 15) is 0 Å². The number of hydrogen-bond acceptors (Lipinski definition) is 1. The molecule has 0 aliphatic rings. The maximum absolute atomic E-state index is 2.43. The highest BCUT2D eigenvalue weighted by molar-refractivity contribution is 5.52. The van der Waals surface area contributed by atoms with Gasteiger partial charge in [0.15, 0.2) is 0 Å². The molecule has 0 aromatic heterocycles. The Morgan fingerprint density at radius 2 is 1.85 bits per heavy atom. The topological polar surface area (TPSA) is 3.24 Å². The summed E-state index contributed by atoms with van der Waals surface area (Å²) in [5, 5.41) is 0.